The first-order chi connectivity index (χ1) is 16.6. The molecule has 0 unspecified atom stereocenters. The molecule has 4 nitrogen and oxygen atoms in total. The summed E-state index contributed by atoms with van der Waals surface area (Å²) in [4.78, 5) is 22.6. The average molecular weight is 468 g/mol. The van der Waals surface area contributed by atoms with Crippen LogP contribution in [-0.4, -0.2) is 21.8 Å². The molecule has 5 rings (SSSR count). The Hall–Kier alpha value is -3.34. The average Bonchev–Trinajstić information content (AvgIpc) is 2.87. The predicted octanol–water partition coefficient (Wildman–Crippen LogP) is 5.60. The third kappa shape index (κ3) is 5.41. The van der Waals surface area contributed by atoms with Crippen molar-refractivity contribution in [2.75, 3.05) is 0 Å². The van der Waals surface area contributed by atoms with Gasteiger partial charge in [0.25, 0.3) is 0 Å². The van der Waals surface area contributed by atoms with Gasteiger partial charge in [-0.25, -0.2) is 9.97 Å². The lowest BCUT2D eigenvalue weighted by Gasteiger charge is -2.19. The number of ketones is 1. The number of rotatable bonds is 2. The maximum atomic E-state index is 13.3. The van der Waals surface area contributed by atoms with Crippen LogP contribution in [0.2, 0.25) is 5.02 Å². The number of nitrogens with one attached hydrogen (secondary N) is 1. The first-order valence-electron chi connectivity index (χ1n) is 11.6. The number of Topliss-reactive ketones (excluding diaryl/α,β-unsaturated/α-hetero) is 1. The fourth-order valence-corrected chi connectivity index (χ4v) is 4.59. The molecule has 0 aliphatic carbocycles. The first-order valence-corrected chi connectivity index (χ1v) is 12.0. The minimum absolute atomic E-state index is 0.222. The van der Waals surface area contributed by atoms with Gasteiger partial charge in [0.2, 0.25) is 0 Å². The fraction of sp³-hybridized carbons (Fsp3) is 0.207. The molecular formula is C29H26ClN3O. The molecule has 0 fully saturated rings. The van der Waals surface area contributed by atoms with Gasteiger partial charge in [0.05, 0.1) is 11.7 Å². The lowest BCUT2D eigenvalue weighted by molar-refractivity contribution is -0.121. The van der Waals surface area contributed by atoms with E-state index in [9.17, 15) is 4.79 Å². The number of carbonyl (C=O) groups excluding carboxylic acids is 1. The molecule has 6 bridgehead atoms. The number of nitrogens with zero attached hydrogens (tertiary/aromatic N) is 2. The van der Waals surface area contributed by atoms with Crippen molar-refractivity contribution in [3.8, 4) is 11.3 Å². The molecule has 5 heteroatoms. The maximum absolute atomic E-state index is 13.3. The SMILES string of the molecule is O=C1CCc2cccc(c2)-c2ccnc(n2)Cc2cc(ccc2Cl)CN[C@H]1Cc1ccccc1. The van der Waals surface area contributed by atoms with E-state index in [4.69, 9.17) is 16.6 Å². The standard InChI is InChI=1S/C29H26ClN3O/c30-25-11-9-22-16-24(25)18-29-31-14-13-26(33-29)23-8-4-7-21(15-23)10-12-28(34)27(32-19-22)17-20-5-2-1-3-6-20/h1-9,11,13-16,27,32H,10,12,17-19H2/t27-/m0/s1. The molecule has 34 heavy (non-hydrogen) atoms. The topological polar surface area (TPSA) is 54.9 Å². The molecule has 1 atom stereocenters. The van der Waals surface area contributed by atoms with Crippen molar-refractivity contribution in [1.29, 1.82) is 0 Å². The van der Waals surface area contributed by atoms with Gasteiger partial charge in [-0.1, -0.05) is 72.3 Å². The number of carbonyl (C=O) groups is 1. The van der Waals surface area contributed by atoms with E-state index in [0.717, 1.165) is 39.3 Å². The van der Waals surface area contributed by atoms with Gasteiger partial charge >= 0.3 is 0 Å². The second kappa shape index (κ2) is 10.3. The zero-order valence-corrected chi connectivity index (χ0v) is 19.6. The maximum Gasteiger partial charge on any atom is 0.150 e. The Labute approximate surface area is 205 Å². The van der Waals surface area contributed by atoms with E-state index >= 15 is 0 Å². The lowest BCUT2D eigenvalue weighted by Crippen LogP contribution is -2.38. The van der Waals surface area contributed by atoms with Crippen LogP contribution in [0.4, 0.5) is 0 Å². The molecule has 0 saturated heterocycles. The number of hydrogen-bond acceptors (Lipinski definition) is 4. The van der Waals surface area contributed by atoms with Crippen LogP contribution in [0.1, 0.15) is 34.5 Å². The first kappa shape index (κ1) is 22.5. The Morgan fingerprint density at radius 1 is 0.912 bits per heavy atom. The molecule has 0 spiro atoms. The van der Waals surface area contributed by atoms with Gasteiger partial charge in [0.15, 0.2) is 0 Å². The molecule has 1 N–H and O–H groups in total. The van der Waals surface area contributed by atoms with Crippen molar-refractivity contribution in [1.82, 2.24) is 15.3 Å². The van der Waals surface area contributed by atoms with Crippen LogP contribution >= 0.6 is 11.6 Å². The summed E-state index contributed by atoms with van der Waals surface area (Å²) in [7, 11) is 0. The van der Waals surface area contributed by atoms with Crippen LogP contribution in [0.25, 0.3) is 11.3 Å². The number of hydrogen-bond donors (Lipinski definition) is 1. The number of aryl methyl sites for hydroxylation is 1. The van der Waals surface area contributed by atoms with E-state index in [1.54, 1.807) is 6.20 Å². The minimum Gasteiger partial charge on any atom is -0.303 e. The van der Waals surface area contributed by atoms with Gasteiger partial charge in [-0.15, -0.1) is 0 Å². The summed E-state index contributed by atoms with van der Waals surface area (Å²) in [5, 5.41) is 4.21. The third-order valence-electron chi connectivity index (χ3n) is 6.27. The second-order valence-corrected chi connectivity index (χ2v) is 9.16. The Kier molecular flexibility index (Phi) is 6.79. The van der Waals surface area contributed by atoms with Crippen molar-refractivity contribution in [3.63, 3.8) is 0 Å². The van der Waals surface area contributed by atoms with Gasteiger partial charge in [-0.05, 0) is 53.3 Å². The van der Waals surface area contributed by atoms with Crippen molar-refractivity contribution in [3.05, 3.63) is 118 Å². The van der Waals surface area contributed by atoms with Crippen LogP contribution in [0.5, 0.6) is 0 Å². The van der Waals surface area contributed by atoms with Gasteiger partial charge in [0.1, 0.15) is 11.6 Å². The molecular weight excluding hydrogens is 442 g/mol. The van der Waals surface area contributed by atoms with Gasteiger partial charge in [-0.2, -0.15) is 0 Å². The Morgan fingerprint density at radius 2 is 1.79 bits per heavy atom. The largest absolute Gasteiger partial charge is 0.303 e. The molecule has 170 valence electrons. The van der Waals surface area contributed by atoms with Crippen LogP contribution in [0.3, 0.4) is 0 Å². The predicted molar refractivity (Wildman–Crippen MR) is 136 cm³/mol. The smallest absolute Gasteiger partial charge is 0.150 e. The number of fused-ring (bicyclic) bond motifs is 7. The van der Waals surface area contributed by atoms with Gasteiger partial charge < -0.3 is 5.32 Å². The third-order valence-corrected chi connectivity index (χ3v) is 6.64. The number of halogens is 1. The molecule has 3 aromatic carbocycles. The van der Waals surface area contributed by atoms with Crippen molar-refractivity contribution >= 4 is 17.4 Å². The molecule has 4 aromatic rings. The van der Waals surface area contributed by atoms with Crippen LogP contribution < -0.4 is 5.32 Å². The van der Waals surface area contributed by atoms with E-state index in [2.05, 4.69) is 40.6 Å². The highest BCUT2D eigenvalue weighted by Gasteiger charge is 2.19. The normalized spacial score (nSPS) is 16.3. The van der Waals surface area contributed by atoms with Crippen molar-refractivity contribution in [2.24, 2.45) is 0 Å². The highest BCUT2D eigenvalue weighted by Crippen LogP contribution is 2.23. The number of aromatic nitrogens is 2. The summed E-state index contributed by atoms with van der Waals surface area (Å²) in [6.07, 6.45) is 4.19. The fourth-order valence-electron chi connectivity index (χ4n) is 4.41. The molecule has 1 aromatic heterocycles. The van der Waals surface area contributed by atoms with E-state index < -0.39 is 0 Å². The molecule has 0 radical (unpaired) electrons. The summed E-state index contributed by atoms with van der Waals surface area (Å²) >= 11 is 6.52. The van der Waals surface area contributed by atoms with Crippen molar-refractivity contribution in [2.45, 2.75) is 38.3 Å². The lowest BCUT2D eigenvalue weighted by atomic mass is 9.96. The van der Waals surface area contributed by atoms with E-state index in [0.29, 0.717) is 37.3 Å². The summed E-state index contributed by atoms with van der Waals surface area (Å²) in [5.74, 6) is 0.957. The Morgan fingerprint density at radius 3 is 2.68 bits per heavy atom. The zero-order chi connectivity index (χ0) is 23.3. The Balaban J connectivity index is 1.51. The second-order valence-electron chi connectivity index (χ2n) is 8.75. The highest BCUT2D eigenvalue weighted by atomic mass is 35.5. The van der Waals surface area contributed by atoms with Crippen LogP contribution in [0, 0.1) is 0 Å². The molecule has 0 amide bonds. The minimum atomic E-state index is -0.256. The molecule has 0 saturated carbocycles. The highest BCUT2D eigenvalue weighted by molar-refractivity contribution is 6.31. The molecule has 1 aliphatic rings. The van der Waals surface area contributed by atoms with E-state index in [1.807, 2.05) is 48.5 Å². The quantitative estimate of drug-likeness (QED) is 0.416. The summed E-state index contributed by atoms with van der Waals surface area (Å²) < 4.78 is 0. The molecule has 1 aliphatic heterocycles. The van der Waals surface area contributed by atoms with Crippen molar-refractivity contribution < 1.29 is 4.79 Å². The van der Waals surface area contributed by atoms with Gasteiger partial charge in [-0.3, -0.25) is 4.79 Å². The number of benzene rings is 3. The monoisotopic (exact) mass is 467 g/mol. The van der Waals surface area contributed by atoms with E-state index in [-0.39, 0.29) is 11.8 Å². The summed E-state index contributed by atoms with van der Waals surface area (Å²) in [6, 6.07) is 26.1. The van der Waals surface area contributed by atoms with Gasteiger partial charge in [0, 0.05) is 36.2 Å². The summed E-state index contributed by atoms with van der Waals surface area (Å²) in [6.45, 7) is 0.587. The summed E-state index contributed by atoms with van der Waals surface area (Å²) in [5.41, 5.74) is 6.24. The molecule has 2 heterocycles. The zero-order valence-electron chi connectivity index (χ0n) is 18.9. The van der Waals surface area contributed by atoms with Crippen LogP contribution in [-0.2, 0) is 30.6 Å². The van der Waals surface area contributed by atoms with Crippen LogP contribution in [0.15, 0.2) is 85.1 Å². The Bertz CT molecular complexity index is 1310. The van der Waals surface area contributed by atoms with E-state index in [1.165, 1.54) is 0 Å².